The van der Waals surface area contributed by atoms with E-state index < -0.39 is 5.92 Å². The SMILES string of the molecule is O=C(Nc1ccc(Oc2ccc(Br)cc2)cc1)[C@H]1CC(=O)N(c2cccc(Cl)c2Cl)C1. The van der Waals surface area contributed by atoms with E-state index in [9.17, 15) is 9.59 Å². The van der Waals surface area contributed by atoms with Crippen molar-refractivity contribution < 1.29 is 14.3 Å². The molecular formula is C23H17BrCl2N2O3. The number of anilines is 2. The van der Waals surface area contributed by atoms with Gasteiger partial charge in [0.25, 0.3) is 0 Å². The zero-order chi connectivity index (χ0) is 22.0. The van der Waals surface area contributed by atoms with Crippen molar-refractivity contribution in [2.24, 2.45) is 5.92 Å². The van der Waals surface area contributed by atoms with Crippen LogP contribution in [0.4, 0.5) is 11.4 Å². The molecule has 0 aliphatic carbocycles. The van der Waals surface area contributed by atoms with E-state index >= 15 is 0 Å². The number of nitrogens with zero attached hydrogens (tertiary/aromatic N) is 1. The largest absolute Gasteiger partial charge is 0.457 e. The second kappa shape index (κ2) is 9.30. The summed E-state index contributed by atoms with van der Waals surface area (Å²) < 4.78 is 6.75. The Labute approximate surface area is 198 Å². The predicted octanol–water partition coefficient (Wildman–Crippen LogP) is 6.54. The normalized spacial score (nSPS) is 15.8. The Balaban J connectivity index is 1.38. The number of carbonyl (C=O) groups excluding carboxylic acids is 2. The van der Waals surface area contributed by atoms with Gasteiger partial charge in [-0.05, 0) is 60.7 Å². The van der Waals surface area contributed by atoms with E-state index in [1.807, 2.05) is 24.3 Å². The van der Waals surface area contributed by atoms with Crippen molar-refractivity contribution in [1.29, 1.82) is 0 Å². The Morgan fingerprint density at radius 2 is 1.65 bits per heavy atom. The van der Waals surface area contributed by atoms with Crippen molar-refractivity contribution >= 4 is 62.3 Å². The maximum absolute atomic E-state index is 12.7. The maximum Gasteiger partial charge on any atom is 0.229 e. The van der Waals surface area contributed by atoms with Gasteiger partial charge < -0.3 is 15.0 Å². The third-order valence-corrected chi connectivity index (χ3v) is 6.23. The van der Waals surface area contributed by atoms with E-state index in [0.29, 0.717) is 32.9 Å². The minimum Gasteiger partial charge on any atom is -0.457 e. The fourth-order valence-electron chi connectivity index (χ4n) is 3.31. The number of carbonyl (C=O) groups is 2. The van der Waals surface area contributed by atoms with E-state index in [-0.39, 0.29) is 24.8 Å². The van der Waals surface area contributed by atoms with Crippen LogP contribution >= 0.6 is 39.1 Å². The van der Waals surface area contributed by atoms with Crippen LogP contribution in [0.3, 0.4) is 0 Å². The number of ether oxygens (including phenoxy) is 1. The van der Waals surface area contributed by atoms with E-state index in [2.05, 4.69) is 21.2 Å². The average molecular weight is 520 g/mol. The molecule has 1 atom stereocenters. The number of halogens is 3. The van der Waals surface area contributed by atoms with Crippen molar-refractivity contribution in [3.05, 3.63) is 81.2 Å². The summed E-state index contributed by atoms with van der Waals surface area (Å²) in [6.45, 7) is 0.246. The molecule has 0 spiro atoms. The van der Waals surface area contributed by atoms with Crippen molar-refractivity contribution in [2.45, 2.75) is 6.42 Å². The third-order valence-electron chi connectivity index (χ3n) is 4.89. The molecule has 3 aromatic rings. The first-order valence-electron chi connectivity index (χ1n) is 9.49. The second-order valence-electron chi connectivity index (χ2n) is 7.05. The Hall–Kier alpha value is -2.54. The van der Waals surface area contributed by atoms with Crippen molar-refractivity contribution in [3.8, 4) is 11.5 Å². The lowest BCUT2D eigenvalue weighted by atomic mass is 10.1. The first-order chi connectivity index (χ1) is 14.9. The molecule has 0 bridgehead atoms. The number of nitrogens with one attached hydrogen (secondary N) is 1. The summed E-state index contributed by atoms with van der Waals surface area (Å²) in [5.41, 5.74) is 1.14. The highest BCUT2D eigenvalue weighted by Gasteiger charge is 2.36. The molecule has 0 unspecified atom stereocenters. The van der Waals surface area contributed by atoms with E-state index in [1.54, 1.807) is 42.5 Å². The van der Waals surface area contributed by atoms with Crippen LogP contribution in [0.2, 0.25) is 10.0 Å². The zero-order valence-electron chi connectivity index (χ0n) is 16.1. The van der Waals surface area contributed by atoms with Crippen LogP contribution in [0.5, 0.6) is 11.5 Å². The molecular weight excluding hydrogens is 503 g/mol. The Kier molecular flexibility index (Phi) is 6.51. The predicted molar refractivity (Wildman–Crippen MR) is 126 cm³/mol. The first-order valence-corrected chi connectivity index (χ1v) is 11.0. The number of benzene rings is 3. The fourth-order valence-corrected chi connectivity index (χ4v) is 3.97. The molecule has 158 valence electrons. The first kappa shape index (κ1) is 21.7. The van der Waals surface area contributed by atoms with Gasteiger partial charge in [0.05, 0.1) is 21.7 Å². The van der Waals surface area contributed by atoms with Crippen LogP contribution in [0.15, 0.2) is 71.2 Å². The van der Waals surface area contributed by atoms with Gasteiger partial charge in [-0.15, -0.1) is 0 Å². The summed E-state index contributed by atoms with van der Waals surface area (Å²) in [6, 6.07) is 19.7. The summed E-state index contributed by atoms with van der Waals surface area (Å²) >= 11 is 15.7. The van der Waals surface area contributed by atoms with Gasteiger partial charge in [-0.2, -0.15) is 0 Å². The molecule has 8 heteroatoms. The van der Waals surface area contributed by atoms with Crippen LogP contribution in [0, 0.1) is 5.92 Å². The number of hydrogen-bond acceptors (Lipinski definition) is 3. The minimum absolute atomic E-state index is 0.111. The highest BCUT2D eigenvalue weighted by molar-refractivity contribution is 9.10. The summed E-state index contributed by atoms with van der Waals surface area (Å²) in [6.07, 6.45) is 0.111. The number of hydrogen-bond donors (Lipinski definition) is 1. The van der Waals surface area contributed by atoms with Gasteiger partial charge in [0.1, 0.15) is 11.5 Å². The summed E-state index contributed by atoms with van der Waals surface area (Å²) in [4.78, 5) is 26.7. The van der Waals surface area contributed by atoms with Gasteiger partial charge in [0.2, 0.25) is 11.8 Å². The molecule has 2 amide bonds. The van der Waals surface area contributed by atoms with Gasteiger partial charge in [0, 0.05) is 23.1 Å². The summed E-state index contributed by atoms with van der Waals surface area (Å²) in [7, 11) is 0. The van der Waals surface area contributed by atoms with Crippen LogP contribution in [-0.2, 0) is 9.59 Å². The maximum atomic E-state index is 12.7. The molecule has 3 aromatic carbocycles. The lowest BCUT2D eigenvalue weighted by molar-refractivity contribution is -0.122. The molecule has 5 nitrogen and oxygen atoms in total. The van der Waals surface area contributed by atoms with Crippen molar-refractivity contribution in [3.63, 3.8) is 0 Å². The van der Waals surface area contributed by atoms with Gasteiger partial charge in [-0.25, -0.2) is 0 Å². The van der Waals surface area contributed by atoms with Gasteiger partial charge in [0.15, 0.2) is 0 Å². The molecule has 31 heavy (non-hydrogen) atoms. The standard InChI is InChI=1S/C23H17BrCl2N2O3/c24-15-4-8-17(9-5-15)31-18-10-6-16(7-11-18)27-23(30)14-12-21(29)28(13-14)20-3-1-2-19(25)22(20)26/h1-11,14H,12-13H2,(H,27,30)/t14-/m0/s1. The quantitative estimate of drug-likeness (QED) is 0.416. The fraction of sp³-hybridized carbons (Fsp3) is 0.130. The number of rotatable bonds is 5. The molecule has 1 aliphatic rings. The molecule has 1 N–H and O–H groups in total. The molecule has 4 rings (SSSR count). The van der Waals surface area contributed by atoms with Crippen LogP contribution in [-0.4, -0.2) is 18.4 Å². The highest BCUT2D eigenvalue weighted by Crippen LogP contribution is 2.36. The van der Waals surface area contributed by atoms with E-state index in [0.717, 1.165) is 4.47 Å². The molecule has 0 saturated carbocycles. The van der Waals surface area contributed by atoms with Crippen molar-refractivity contribution in [1.82, 2.24) is 0 Å². The van der Waals surface area contributed by atoms with Gasteiger partial charge in [-0.1, -0.05) is 45.2 Å². The molecule has 1 saturated heterocycles. The average Bonchev–Trinajstić information content (AvgIpc) is 3.15. The molecule has 1 aliphatic heterocycles. The lowest BCUT2D eigenvalue weighted by Gasteiger charge is -2.18. The van der Waals surface area contributed by atoms with Crippen LogP contribution in [0.1, 0.15) is 6.42 Å². The molecule has 0 radical (unpaired) electrons. The highest BCUT2D eigenvalue weighted by atomic mass is 79.9. The number of amides is 2. The summed E-state index contributed by atoms with van der Waals surface area (Å²) in [5.74, 6) is 0.488. The second-order valence-corrected chi connectivity index (χ2v) is 8.75. The molecule has 0 aromatic heterocycles. The topological polar surface area (TPSA) is 58.6 Å². The zero-order valence-corrected chi connectivity index (χ0v) is 19.2. The summed E-state index contributed by atoms with van der Waals surface area (Å²) in [5, 5.41) is 3.53. The van der Waals surface area contributed by atoms with Crippen LogP contribution < -0.4 is 15.0 Å². The monoisotopic (exact) mass is 518 g/mol. The Morgan fingerprint density at radius 3 is 2.32 bits per heavy atom. The van der Waals surface area contributed by atoms with E-state index in [4.69, 9.17) is 27.9 Å². The van der Waals surface area contributed by atoms with Crippen molar-refractivity contribution in [2.75, 3.05) is 16.8 Å². The van der Waals surface area contributed by atoms with Gasteiger partial charge >= 0.3 is 0 Å². The Morgan fingerprint density at radius 1 is 1.00 bits per heavy atom. The molecule has 1 heterocycles. The molecule has 1 fully saturated rings. The van der Waals surface area contributed by atoms with Gasteiger partial charge in [-0.3, -0.25) is 9.59 Å². The Bertz CT molecular complexity index is 1120. The minimum atomic E-state index is -0.485. The van der Waals surface area contributed by atoms with E-state index in [1.165, 1.54) is 4.90 Å². The third kappa shape index (κ3) is 5.03. The lowest BCUT2D eigenvalue weighted by Crippen LogP contribution is -2.28. The van der Waals surface area contributed by atoms with Crippen LogP contribution in [0.25, 0.3) is 0 Å². The smallest absolute Gasteiger partial charge is 0.229 e.